The van der Waals surface area contributed by atoms with E-state index in [-0.39, 0.29) is 18.4 Å². The van der Waals surface area contributed by atoms with Crippen molar-refractivity contribution in [1.29, 1.82) is 0 Å². The summed E-state index contributed by atoms with van der Waals surface area (Å²) in [6, 6.07) is 5.70. The lowest BCUT2D eigenvalue weighted by molar-refractivity contribution is 0.137. The third-order valence-electron chi connectivity index (χ3n) is 1.90. The van der Waals surface area contributed by atoms with Gasteiger partial charge in [-0.3, -0.25) is 4.55 Å². The zero-order chi connectivity index (χ0) is 14.5. The fraction of sp³-hybridized carbons (Fsp3) is 0.364. The first kappa shape index (κ1) is 15.3. The number of nitrogens with one attached hydrogen (secondary N) is 1. The lowest BCUT2D eigenvalue weighted by atomic mass is 10.2. The minimum absolute atomic E-state index is 0.0157. The number of ether oxygens (including phenoxy) is 1. The van der Waals surface area contributed by atoms with Crippen LogP contribution in [0.2, 0.25) is 0 Å². The Morgan fingerprint density at radius 1 is 1.32 bits per heavy atom. The highest BCUT2D eigenvalue weighted by Gasteiger charge is 2.07. The number of rotatable bonds is 5. The van der Waals surface area contributed by atoms with Gasteiger partial charge in [-0.2, -0.15) is 8.42 Å². The first-order chi connectivity index (χ1) is 8.76. The third kappa shape index (κ3) is 6.63. The zero-order valence-corrected chi connectivity index (χ0v) is 11.3. The molecule has 1 aromatic carbocycles. The molecule has 0 fully saturated rings. The molecule has 0 aliphatic heterocycles. The molecule has 1 aromatic rings. The Morgan fingerprint density at radius 2 is 1.89 bits per heavy atom. The summed E-state index contributed by atoms with van der Waals surface area (Å²) in [6.07, 6.45) is -0.534. The Morgan fingerprint density at radius 3 is 2.37 bits per heavy atom. The van der Waals surface area contributed by atoms with Crippen molar-refractivity contribution in [3.63, 3.8) is 0 Å². The maximum absolute atomic E-state index is 11.2. The number of carbonyl (C=O) groups excluding carboxylic acids is 1. The molecule has 0 saturated carbocycles. The van der Waals surface area contributed by atoms with Crippen molar-refractivity contribution >= 4 is 16.5 Å². The summed E-state index contributed by atoms with van der Waals surface area (Å²) < 4.78 is 38.6. The van der Waals surface area contributed by atoms with Crippen molar-refractivity contribution < 1.29 is 26.7 Å². The third-order valence-corrected chi connectivity index (χ3v) is 2.30. The predicted octanol–water partition coefficient (Wildman–Crippen LogP) is 1.50. The Balaban J connectivity index is 2.51. The van der Waals surface area contributed by atoms with Gasteiger partial charge in [0.25, 0.3) is 0 Å². The fourth-order valence-electron chi connectivity index (χ4n) is 1.19. The van der Waals surface area contributed by atoms with Crippen LogP contribution in [0.15, 0.2) is 24.3 Å². The van der Waals surface area contributed by atoms with E-state index >= 15 is 0 Å². The highest BCUT2D eigenvalue weighted by atomic mass is 32.3. The van der Waals surface area contributed by atoms with Crippen molar-refractivity contribution in [3.8, 4) is 5.75 Å². The molecule has 0 saturated heterocycles. The highest BCUT2D eigenvalue weighted by molar-refractivity contribution is 7.81. The molecule has 19 heavy (non-hydrogen) atoms. The van der Waals surface area contributed by atoms with Crippen molar-refractivity contribution in [1.82, 2.24) is 5.32 Å². The lowest BCUT2D eigenvalue weighted by Crippen LogP contribution is -2.30. The molecule has 0 unspecified atom stereocenters. The van der Waals surface area contributed by atoms with Crippen molar-refractivity contribution in [2.45, 2.75) is 26.5 Å². The maximum Gasteiger partial charge on any atom is 0.446 e. The normalized spacial score (nSPS) is 11.2. The fourth-order valence-corrected chi connectivity index (χ4v) is 1.54. The van der Waals surface area contributed by atoms with Gasteiger partial charge in [-0.25, -0.2) is 4.79 Å². The van der Waals surface area contributed by atoms with E-state index in [4.69, 9.17) is 9.29 Å². The molecule has 0 aliphatic rings. The first-order valence-corrected chi connectivity index (χ1v) is 6.82. The van der Waals surface area contributed by atoms with Gasteiger partial charge in [0.05, 0.1) is 0 Å². The highest BCUT2D eigenvalue weighted by Crippen LogP contribution is 2.14. The van der Waals surface area contributed by atoms with E-state index in [0.29, 0.717) is 5.56 Å². The monoisotopic (exact) mass is 289 g/mol. The average Bonchev–Trinajstić information content (AvgIpc) is 2.25. The summed E-state index contributed by atoms with van der Waals surface area (Å²) in [6.45, 7) is 3.66. The minimum Gasteiger partial charge on any atom is -0.445 e. The number of benzene rings is 1. The van der Waals surface area contributed by atoms with Crippen molar-refractivity contribution in [2.75, 3.05) is 0 Å². The largest absolute Gasteiger partial charge is 0.446 e. The SMILES string of the molecule is CC(C)NC(=O)OCc1ccc(OS(=O)(=O)O)cc1. The van der Waals surface area contributed by atoms with Crippen LogP contribution in [-0.2, 0) is 21.7 Å². The van der Waals surface area contributed by atoms with E-state index in [9.17, 15) is 13.2 Å². The molecule has 106 valence electrons. The van der Waals surface area contributed by atoms with Crippen LogP contribution in [0.25, 0.3) is 0 Å². The van der Waals surface area contributed by atoms with Crippen LogP contribution < -0.4 is 9.50 Å². The van der Waals surface area contributed by atoms with Crippen LogP contribution in [0.5, 0.6) is 5.75 Å². The second-order valence-electron chi connectivity index (χ2n) is 4.03. The van der Waals surface area contributed by atoms with Crippen molar-refractivity contribution in [3.05, 3.63) is 29.8 Å². The number of alkyl carbamates (subject to hydrolysis) is 1. The van der Waals surface area contributed by atoms with Gasteiger partial charge in [-0.1, -0.05) is 12.1 Å². The second-order valence-corrected chi connectivity index (χ2v) is 5.05. The molecule has 0 aliphatic carbocycles. The topological polar surface area (TPSA) is 102 Å². The number of amides is 1. The quantitative estimate of drug-likeness (QED) is 0.796. The molecule has 1 amide bonds. The number of hydrogen-bond acceptors (Lipinski definition) is 5. The standard InChI is InChI=1S/C11H15NO6S/c1-8(2)12-11(13)17-7-9-3-5-10(6-4-9)18-19(14,15)16/h3-6,8H,7H2,1-2H3,(H,12,13)(H,14,15,16). The summed E-state index contributed by atoms with van der Waals surface area (Å²) in [4.78, 5) is 11.2. The Hall–Kier alpha value is -1.80. The molecule has 0 spiro atoms. The van der Waals surface area contributed by atoms with Crippen LogP contribution in [0.1, 0.15) is 19.4 Å². The summed E-state index contributed by atoms with van der Waals surface area (Å²) in [5.74, 6) is -0.0297. The molecule has 0 heterocycles. The molecule has 0 atom stereocenters. The molecule has 8 heteroatoms. The van der Waals surface area contributed by atoms with Crippen LogP contribution in [-0.4, -0.2) is 25.1 Å². The van der Waals surface area contributed by atoms with Gasteiger partial charge in [0.2, 0.25) is 0 Å². The average molecular weight is 289 g/mol. The molecule has 0 aromatic heterocycles. The molecule has 0 radical (unpaired) electrons. The smallest absolute Gasteiger partial charge is 0.445 e. The molecule has 2 N–H and O–H groups in total. The van der Waals surface area contributed by atoms with Gasteiger partial charge in [-0.05, 0) is 31.5 Å². The van der Waals surface area contributed by atoms with Crippen molar-refractivity contribution in [2.24, 2.45) is 0 Å². The zero-order valence-electron chi connectivity index (χ0n) is 10.5. The summed E-state index contributed by atoms with van der Waals surface area (Å²) >= 11 is 0. The van der Waals surface area contributed by atoms with Gasteiger partial charge in [-0.15, -0.1) is 0 Å². The van der Waals surface area contributed by atoms with Gasteiger partial charge in [0.15, 0.2) is 0 Å². The first-order valence-electron chi connectivity index (χ1n) is 5.45. The van der Waals surface area contributed by atoms with E-state index in [1.165, 1.54) is 24.3 Å². The Labute approximate surface area is 111 Å². The molecular formula is C11H15NO6S. The molecule has 0 bridgehead atoms. The van der Waals surface area contributed by atoms with E-state index in [1.807, 2.05) is 13.8 Å². The van der Waals surface area contributed by atoms with E-state index in [0.717, 1.165) is 0 Å². The second kappa shape index (κ2) is 6.39. The van der Waals surface area contributed by atoms with Gasteiger partial charge in [0.1, 0.15) is 12.4 Å². The van der Waals surface area contributed by atoms with Gasteiger partial charge < -0.3 is 14.2 Å². The van der Waals surface area contributed by atoms with Crippen LogP contribution in [0, 0.1) is 0 Å². The summed E-state index contributed by atoms with van der Waals surface area (Å²) in [5.41, 5.74) is 0.654. The minimum atomic E-state index is -4.52. The van der Waals surface area contributed by atoms with E-state index in [1.54, 1.807) is 0 Å². The lowest BCUT2D eigenvalue weighted by Gasteiger charge is -2.09. The van der Waals surface area contributed by atoms with Gasteiger partial charge in [0, 0.05) is 6.04 Å². The van der Waals surface area contributed by atoms with Gasteiger partial charge >= 0.3 is 16.5 Å². The molecule has 1 rings (SSSR count). The predicted molar refractivity (Wildman–Crippen MR) is 67.1 cm³/mol. The number of carbonyl (C=O) groups is 1. The summed E-state index contributed by atoms with van der Waals surface area (Å²) in [7, 11) is -4.52. The number of hydrogen-bond donors (Lipinski definition) is 2. The molecular weight excluding hydrogens is 274 g/mol. The Kier molecular flexibility index (Phi) is 5.13. The summed E-state index contributed by atoms with van der Waals surface area (Å²) in [5, 5.41) is 2.56. The van der Waals surface area contributed by atoms with Crippen LogP contribution in [0.3, 0.4) is 0 Å². The Bertz CT molecular complexity index is 523. The van der Waals surface area contributed by atoms with Crippen LogP contribution >= 0.6 is 0 Å². The van der Waals surface area contributed by atoms with E-state index in [2.05, 4.69) is 9.50 Å². The van der Waals surface area contributed by atoms with E-state index < -0.39 is 16.5 Å². The van der Waals surface area contributed by atoms with Crippen LogP contribution in [0.4, 0.5) is 4.79 Å². The molecule has 7 nitrogen and oxygen atoms in total. The maximum atomic E-state index is 11.2.